The van der Waals surface area contributed by atoms with Gasteiger partial charge in [0.25, 0.3) is 0 Å². The van der Waals surface area contributed by atoms with E-state index in [1.807, 2.05) is 6.07 Å². The van der Waals surface area contributed by atoms with Crippen molar-refractivity contribution in [1.82, 2.24) is 9.97 Å². The first kappa shape index (κ1) is 30.0. The monoisotopic (exact) mass is 660 g/mol. The Morgan fingerprint density at radius 1 is 0.269 bits per heavy atom. The van der Waals surface area contributed by atoms with Gasteiger partial charge in [0.2, 0.25) is 0 Å². The van der Waals surface area contributed by atoms with E-state index in [0.29, 0.717) is 5.82 Å². The second-order valence-corrected chi connectivity index (χ2v) is 13.3. The normalized spacial score (nSPS) is 11.5. The van der Waals surface area contributed by atoms with Crippen LogP contribution < -0.4 is 0 Å². The van der Waals surface area contributed by atoms with E-state index < -0.39 is 0 Å². The standard InChI is InChI=1S/C50H32N2/c1-3-13-33(14-4-1)43-28-25-35-16-8-10-20-42(35)49(43)48-32-47(51-50(52-48)36-17-5-2-6-18-36)46-30-29-41(44-21-11-12-22-45(44)46)38-26-27-40-37(31-38)24-23-34-15-7-9-19-39(34)40/h1-32H. The van der Waals surface area contributed by atoms with Crippen molar-refractivity contribution < 1.29 is 0 Å². The van der Waals surface area contributed by atoms with Gasteiger partial charge in [-0.1, -0.05) is 182 Å². The summed E-state index contributed by atoms with van der Waals surface area (Å²) in [6, 6.07) is 69.3. The molecule has 242 valence electrons. The van der Waals surface area contributed by atoms with Gasteiger partial charge in [-0.25, -0.2) is 9.97 Å². The van der Waals surface area contributed by atoms with Crippen LogP contribution in [0.15, 0.2) is 194 Å². The van der Waals surface area contributed by atoms with Crippen LogP contribution in [0.3, 0.4) is 0 Å². The van der Waals surface area contributed by atoms with Gasteiger partial charge in [-0.3, -0.25) is 0 Å². The number of nitrogens with zero attached hydrogens (tertiary/aromatic N) is 2. The Bertz CT molecular complexity index is 2950. The van der Waals surface area contributed by atoms with E-state index in [-0.39, 0.29) is 0 Å². The summed E-state index contributed by atoms with van der Waals surface area (Å²) < 4.78 is 0. The molecule has 9 aromatic carbocycles. The van der Waals surface area contributed by atoms with Gasteiger partial charge in [-0.15, -0.1) is 0 Å². The molecular weight excluding hydrogens is 629 g/mol. The average Bonchev–Trinajstić information content (AvgIpc) is 3.23. The minimum Gasteiger partial charge on any atom is -0.228 e. The zero-order valence-corrected chi connectivity index (χ0v) is 28.4. The van der Waals surface area contributed by atoms with E-state index in [1.165, 1.54) is 43.4 Å². The molecule has 0 saturated carbocycles. The molecule has 1 heterocycles. The molecule has 10 aromatic rings. The molecule has 0 radical (unpaired) electrons. The molecule has 2 heteroatoms. The molecule has 0 aliphatic carbocycles. The molecule has 0 bridgehead atoms. The van der Waals surface area contributed by atoms with Crippen LogP contribution in [0.5, 0.6) is 0 Å². The minimum atomic E-state index is 0.704. The lowest BCUT2D eigenvalue weighted by Gasteiger charge is -2.17. The van der Waals surface area contributed by atoms with Crippen molar-refractivity contribution in [3.63, 3.8) is 0 Å². The Balaban J connectivity index is 1.20. The van der Waals surface area contributed by atoms with Crippen molar-refractivity contribution in [2.24, 2.45) is 0 Å². The van der Waals surface area contributed by atoms with Crippen molar-refractivity contribution in [3.8, 4) is 56.2 Å². The fourth-order valence-corrected chi connectivity index (χ4v) is 7.79. The van der Waals surface area contributed by atoms with Gasteiger partial charge in [-0.2, -0.15) is 0 Å². The largest absolute Gasteiger partial charge is 0.228 e. The number of fused-ring (bicyclic) bond motifs is 5. The summed E-state index contributed by atoms with van der Waals surface area (Å²) in [4.78, 5) is 10.6. The van der Waals surface area contributed by atoms with Gasteiger partial charge >= 0.3 is 0 Å². The quantitative estimate of drug-likeness (QED) is 0.172. The molecular formula is C50H32N2. The first-order valence-corrected chi connectivity index (χ1v) is 17.7. The Hall–Kier alpha value is -6.90. The second-order valence-electron chi connectivity index (χ2n) is 13.3. The molecule has 0 N–H and O–H groups in total. The molecule has 0 aliphatic heterocycles. The molecule has 0 unspecified atom stereocenters. The van der Waals surface area contributed by atoms with Crippen LogP contribution in [0.25, 0.3) is 99.2 Å². The van der Waals surface area contributed by atoms with Crippen LogP contribution in [-0.4, -0.2) is 9.97 Å². The summed E-state index contributed by atoms with van der Waals surface area (Å²) in [7, 11) is 0. The van der Waals surface area contributed by atoms with Gasteiger partial charge in [0.05, 0.1) is 11.4 Å². The third-order valence-electron chi connectivity index (χ3n) is 10.3. The van der Waals surface area contributed by atoms with Gasteiger partial charge in [0.15, 0.2) is 5.82 Å². The van der Waals surface area contributed by atoms with Crippen LogP contribution in [0.4, 0.5) is 0 Å². The van der Waals surface area contributed by atoms with Gasteiger partial charge in [0, 0.05) is 16.7 Å². The predicted molar refractivity (Wildman–Crippen MR) is 219 cm³/mol. The number of benzene rings is 9. The lowest BCUT2D eigenvalue weighted by atomic mass is 9.90. The maximum Gasteiger partial charge on any atom is 0.160 e. The number of aromatic nitrogens is 2. The van der Waals surface area contributed by atoms with Crippen LogP contribution in [0.1, 0.15) is 0 Å². The third kappa shape index (κ3) is 5.12. The van der Waals surface area contributed by atoms with Crippen LogP contribution in [0, 0.1) is 0 Å². The molecule has 10 rings (SSSR count). The van der Waals surface area contributed by atoms with Crippen molar-refractivity contribution in [3.05, 3.63) is 194 Å². The Morgan fingerprint density at radius 2 is 0.788 bits per heavy atom. The Kier molecular flexibility index (Phi) is 7.18. The van der Waals surface area contributed by atoms with E-state index in [2.05, 4.69) is 188 Å². The topological polar surface area (TPSA) is 25.8 Å². The first-order chi connectivity index (χ1) is 25.8. The Morgan fingerprint density at radius 3 is 1.56 bits per heavy atom. The molecule has 0 spiro atoms. The van der Waals surface area contributed by atoms with E-state index in [1.54, 1.807) is 0 Å². The molecule has 1 aromatic heterocycles. The number of hydrogen-bond donors (Lipinski definition) is 0. The lowest BCUT2D eigenvalue weighted by molar-refractivity contribution is 1.19. The summed E-state index contributed by atoms with van der Waals surface area (Å²) in [6.07, 6.45) is 0. The number of hydrogen-bond acceptors (Lipinski definition) is 2. The van der Waals surface area contributed by atoms with Crippen molar-refractivity contribution in [2.75, 3.05) is 0 Å². The summed E-state index contributed by atoms with van der Waals surface area (Å²) in [6.45, 7) is 0. The third-order valence-corrected chi connectivity index (χ3v) is 10.3. The van der Waals surface area contributed by atoms with Crippen LogP contribution >= 0.6 is 0 Å². The van der Waals surface area contributed by atoms with E-state index in [4.69, 9.17) is 9.97 Å². The van der Waals surface area contributed by atoms with Crippen molar-refractivity contribution in [2.45, 2.75) is 0 Å². The first-order valence-electron chi connectivity index (χ1n) is 17.7. The fraction of sp³-hybridized carbons (Fsp3) is 0. The summed E-state index contributed by atoms with van der Waals surface area (Å²) in [5, 5.41) is 9.74. The van der Waals surface area contributed by atoms with E-state index >= 15 is 0 Å². The zero-order valence-electron chi connectivity index (χ0n) is 28.4. The molecule has 52 heavy (non-hydrogen) atoms. The molecule has 0 fully saturated rings. The summed E-state index contributed by atoms with van der Waals surface area (Å²) >= 11 is 0. The molecule has 0 saturated heterocycles. The average molecular weight is 661 g/mol. The molecule has 0 amide bonds. The van der Waals surface area contributed by atoms with Gasteiger partial charge in [-0.05, 0) is 77.5 Å². The lowest BCUT2D eigenvalue weighted by Crippen LogP contribution is -1.98. The summed E-state index contributed by atoms with van der Waals surface area (Å²) in [5.41, 5.74) is 9.66. The SMILES string of the molecule is c1ccc(-c2nc(-c3c(-c4ccccc4)ccc4ccccc34)cc(-c3ccc(-c4ccc5c(ccc6ccccc65)c4)c4ccccc34)n2)cc1. The molecule has 2 nitrogen and oxygen atoms in total. The summed E-state index contributed by atoms with van der Waals surface area (Å²) in [5.74, 6) is 0.704. The Labute approximate surface area is 302 Å². The predicted octanol–water partition coefficient (Wildman–Crippen LogP) is 13.4. The molecule has 0 atom stereocenters. The zero-order chi connectivity index (χ0) is 34.4. The maximum absolute atomic E-state index is 5.32. The smallest absolute Gasteiger partial charge is 0.160 e. The fourth-order valence-electron chi connectivity index (χ4n) is 7.79. The van der Waals surface area contributed by atoms with Crippen LogP contribution in [0.2, 0.25) is 0 Å². The highest BCUT2D eigenvalue weighted by Crippen LogP contribution is 2.41. The maximum atomic E-state index is 5.32. The van der Waals surface area contributed by atoms with E-state index in [0.717, 1.165) is 50.0 Å². The number of rotatable bonds is 5. The minimum absolute atomic E-state index is 0.704. The highest BCUT2D eigenvalue weighted by molar-refractivity contribution is 6.11. The van der Waals surface area contributed by atoms with Crippen molar-refractivity contribution >= 4 is 43.1 Å². The van der Waals surface area contributed by atoms with Gasteiger partial charge < -0.3 is 0 Å². The van der Waals surface area contributed by atoms with E-state index in [9.17, 15) is 0 Å². The highest BCUT2D eigenvalue weighted by atomic mass is 14.9. The second kappa shape index (κ2) is 12.5. The van der Waals surface area contributed by atoms with Gasteiger partial charge in [0.1, 0.15) is 0 Å². The van der Waals surface area contributed by atoms with Crippen molar-refractivity contribution in [1.29, 1.82) is 0 Å². The van der Waals surface area contributed by atoms with Crippen LogP contribution in [-0.2, 0) is 0 Å². The molecule has 0 aliphatic rings. The highest BCUT2D eigenvalue weighted by Gasteiger charge is 2.19.